The van der Waals surface area contributed by atoms with Gasteiger partial charge in [-0.15, -0.1) is 0 Å². The zero-order valence-corrected chi connectivity index (χ0v) is 13.9. The highest BCUT2D eigenvalue weighted by Crippen LogP contribution is 2.13. The molecule has 0 aliphatic carbocycles. The standard InChI is InChI=1S/C15H20BrNO4/c1-15(2,3)21-14(20)17-12(13(18)19)9-6-10-4-7-11(16)8-5-10/h4-5,7-8,12H,6,9H2,1-3H3,(H,17,20)(H,18,19)/t12-/m0/s1. The lowest BCUT2D eigenvalue weighted by atomic mass is 10.1. The Bertz CT molecular complexity index is 493. The summed E-state index contributed by atoms with van der Waals surface area (Å²) in [5.74, 6) is -1.07. The van der Waals surface area contributed by atoms with Gasteiger partial charge in [0, 0.05) is 4.47 Å². The van der Waals surface area contributed by atoms with Gasteiger partial charge in [0.25, 0.3) is 0 Å². The largest absolute Gasteiger partial charge is 0.480 e. The van der Waals surface area contributed by atoms with Crippen molar-refractivity contribution < 1.29 is 19.4 Å². The summed E-state index contributed by atoms with van der Waals surface area (Å²) in [6.45, 7) is 5.18. The van der Waals surface area contributed by atoms with Gasteiger partial charge < -0.3 is 15.2 Å². The second kappa shape index (κ2) is 7.45. The van der Waals surface area contributed by atoms with Crippen LogP contribution in [0.15, 0.2) is 28.7 Å². The van der Waals surface area contributed by atoms with Crippen molar-refractivity contribution in [2.75, 3.05) is 0 Å². The third kappa shape index (κ3) is 7.13. The van der Waals surface area contributed by atoms with Crippen LogP contribution in [0.1, 0.15) is 32.8 Å². The molecule has 1 aromatic rings. The fraction of sp³-hybridized carbons (Fsp3) is 0.467. The van der Waals surface area contributed by atoms with E-state index in [-0.39, 0.29) is 0 Å². The zero-order chi connectivity index (χ0) is 16.0. The first-order valence-corrected chi connectivity index (χ1v) is 7.43. The quantitative estimate of drug-likeness (QED) is 0.846. The molecule has 0 unspecified atom stereocenters. The number of hydrogen-bond donors (Lipinski definition) is 2. The van der Waals surface area contributed by atoms with Gasteiger partial charge in [0.05, 0.1) is 0 Å². The Morgan fingerprint density at radius 3 is 2.33 bits per heavy atom. The number of aryl methyl sites for hydroxylation is 1. The maximum Gasteiger partial charge on any atom is 0.408 e. The van der Waals surface area contributed by atoms with Gasteiger partial charge in [-0.05, 0) is 51.3 Å². The van der Waals surface area contributed by atoms with Gasteiger partial charge in [0.2, 0.25) is 0 Å². The Kier molecular flexibility index (Phi) is 6.20. The molecule has 0 saturated heterocycles. The molecule has 0 aromatic heterocycles. The summed E-state index contributed by atoms with van der Waals surface area (Å²) in [7, 11) is 0. The molecule has 5 nitrogen and oxygen atoms in total. The highest BCUT2D eigenvalue weighted by Gasteiger charge is 2.23. The average molecular weight is 358 g/mol. The van der Waals surface area contributed by atoms with E-state index in [0.717, 1.165) is 10.0 Å². The number of carbonyl (C=O) groups excluding carboxylic acids is 1. The number of carbonyl (C=O) groups is 2. The Morgan fingerprint density at radius 2 is 1.86 bits per heavy atom. The fourth-order valence-electron chi connectivity index (χ4n) is 1.67. The Labute approximate surface area is 132 Å². The Morgan fingerprint density at radius 1 is 1.29 bits per heavy atom. The molecule has 1 atom stereocenters. The van der Waals surface area contributed by atoms with Crippen molar-refractivity contribution in [1.82, 2.24) is 5.32 Å². The number of hydrogen-bond acceptors (Lipinski definition) is 3. The lowest BCUT2D eigenvalue weighted by Gasteiger charge is -2.22. The molecule has 2 N–H and O–H groups in total. The SMILES string of the molecule is CC(C)(C)OC(=O)N[C@@H](CCc1ccc(Br)cc1)C(=O)O. The van der Waals surface area contributed by atoms with Gasteiger partial charge in [-0.3, -0.25) is 0 Å². The normalized spacial score (nSPS) is 12.6. The molecule has 0 aliphatic rings. The maximum absolute atomic E-state index is 11.6. The number of ether oxygens (including phenoxy) is 1. The fourth-order valence-corrected chi connectivity index (χ4v) is 1.93. The molecule has 1 rings (SSSR count). The monoisotopic (exact) mass is 357 g/mol. The van der Waals surface area contributed by atoms with Gasteiger partial charge in [-0.1, -0.05) is 28.1 Å². The van der Waals surface area contributed by atoms with E-state index < -0.39 is 23.7 Å². The number of halogens is 1. The Balaban J connectivity index is 2.56. The minimum atomic E-state index is -1.07. The summed E-state index contributed by atoms with van der Waals surface area (Å²) in [5, 5.41) is 11.5. The first kappa shape index (κ1) is 17.5. The van der Waals surface area contributed by atoms with Gasteiger partial charge >= 0.3 is 12.1 Å². The van der Waals surface area contributed by atoms with E-state index in [1.807, 2.05) is 24.3 Å². The molecule has 21 heavy (non-hydrogen) atoms. The van der Waals surface area contributed by atoms with Crippen LogP contribution in [-0.2, 0) is 16.0 Å². The predicted molar refractivity (Wildman–Crippen MR) is 83.3 cm³/mol. The summed E-state index contributed by atoms with van der Waals surface area (Å²) in [6, 6.07) is 6.65. The minimum absolute atomic E-state index is 0.302. The van der Waals surface area contributed by atoms with E-state index in [1.165, 1.54) is 0 Å². The van der Waals surface area contributed by atoms with Crippen molar-refractivity contribution in [2.24, 2.45) is 0 Å². The first-order valence-electron chi connectivity index (χ1n) is 6.64. The number of amides is 1. The van der Waals surface area contributed by atoms with E-state index in [9.17, 15) is 9.59 Å². The van der Waals surface area contributed by atoms with Crippen molar-refractivity contribution in [3.8, 4) is 0 Å². The van der Waals surface area contributed by atoms with E-state index in [4.69, 9.17) is 9.84 Å². The first-order chi connectivity index (χ1) is 9.67. The van der Waals surface area contributed by atoms with Crippen LogP contribution in [0, 0.1) is 0 Å². The van der Waals surface area contributed by atoms with Gasteiger partial charge in [0.1, 0.15) is 11.6 Å². The predicted octanol–water partition coefficient (Wildman–Crippen LogP) is 3.36. The van der Waals surface area contributed by atoms with Crippen molar-refractivity contribution in [2.45, 2.75) is 45.3 Å². The summed E-state index contributed by atoms with van der Waals surface area (Å²) in [4.78, 5) is 22.8. The van der Waals surface area contributed by atoms with Crippen LogP contribution >= 0.6 is 15.9 Å². The molecule has 1 amide bonds. The van der Waals surface area contributed by atoms with Crippen LogP contribution in [0.3, 0.4) is 0 Å². The summed E-state index contributed by atoms with van der Waals surface area (Å²) >= 11 is 3.34. The molecule has 0 fully saturated rings. The molecule has 6 heteroatoms. The second-order valence-electron chi connectivity index (χ2n) is 5.70. The van der Waals surface area contributed by atoms with Crippen LogP contribution in [0.4, 0.5) is 4.79 Å². The number of nitrogens with one attached hydrogen (secondary N) is 1. The molecule has 1 aromatic carbocycles. The highest BCUT2D eigenvalue weighted by molar-refractivity contribution is 9.10. The zero-order valence-electron chi connectivity index (χ0n) is 12.4. The molecule has 0 spiro atoms. The van der Waals surface area contributed by atoms with Crippen LogP contribution < -0.4 is 5.32 Å². The number of carboxylic acids is 1. The van der Waals surface area contributed by atoms with Crippen LogP contribution in [0.5, 0.6) is 0 Å². The van der Waals surface area contributed by atoms with Crippen molar-refractivity contribution in [3.63, 3.8) is 0 Å². The Hall–Kier alpha value is -1.56. The van der Waals surface area contributed by atoms with E-state index in [1.54, 1.807) is 20.8 Å². The highest BCUT2D eigenvalue weighted by atomic mass is 79.9. The van der Waals surface area contributed by atoms with Crippen LogP contribution in [-0.4, -0.2) is 28.8 Å². The number of carboxylic acid groups (broad SMARTS) is 1. The van der Waals surface area contributed by atoms with Gasteiger partial charge in [-0.25, -0.2) is 9.59 Å². The third-order valence-electron chi connectivity index (χ3n) is 2.62. The number of benzene rings is 1. The smallest absolute Gasteiger partial charge is 0.408 e. The topological polar surface area (TPSA) is 75.6 Å². The maximum atomic E-state index is 11.6. The summed E-state index contributed by atoms with van der Waals surface area (Å²) < 4.78 is 6.03. The van der Waals surface area contributed by atoms with Crippen LogP contribution in [0.25, 0.3) is 0 Å². The van der Waals surface area contributed by atoms with E-state index in [2.05, 4.69) is 21.2 Å². The van der Waals surface area contributed by atoms with Gasteiger partial charge in [0.15, 0.2) is 0 Å². The van der Waals surface area contributed by atoms with E-state index in [0.29, 0.717) is 12.8 Å². The molecular weight excluding hydrogens is 338 g/mol. The van der Waals surface area contributed by atoms with E-state index >= 15 is 0 Å². The molecule has 0 bridgehead atoms. The average Bonchev–Trinajstić information content (AvgIpc) is 2.33. The molecule has 0 heterocycles. The molecule has 116 valence electrons. The number of aliphatic carboxylic acids is 1. The molecule has 0 saturated carbocycles. The van der Waals surface area contributed by atoms with Crippen LogP contribution in [0.2, 0.25) is 0 Å². The third-order valence-corrected chi connectivity index (χ3v) is 3.15. The molecule has 0 aliphatic heterocycles. The molecule has 0 radical (unpaired) electrons. The number of alkyl carbamates (subject to hydrolysis) is 1. The van der Waals surface area contributed by atoms with Crippen molar-refractivity contribution in [3.05, 3.63) is 34.3 Å². The lowest BCUT2D eigenvalue weighted by Crippen LogP contribution is -2.43. The summed E-state index contributed by atoms with van der Waals surface area (Å²) in [5.41, 5.74) is 0.356. The van der Waals surface area contributed by atoms with Crippen molar-refractivity contribution in [1.29, 1.82) is 0 Å². The van der Waals surface area contributed by atoms with Crippen molar-refractivity contribution >= 4 is 28.0 Å². The summed E-state index contributed by atoms with van der Waals surface area (Å²) in [6.07, 6.45) is 0.140. The number of rotatable bonds is 5. The second-order valence-corrected chi connectivity index (χ2v) is 6.62. The lowest BCUT2D eigenvalue weighted by molar-refractivity contribution is -0.139. The van der Waals surface area contributed by atoms with Gasteiger partial charge in [-0.2, -0.15) is 0 Å². The molecular formula is C15H20BrNO4. The minimum Gasteiger partial charge on any atom is -0.480 e.